The smallest absolute Gasteiger partial charge is 0.343 e. The number of carbonyl (C=O) groups excluding carboxylic acids is 5. The zero-order chi connectivity index (χ0) is 51.1. The van der Waals surface area contributed by atoms with Crippen LogP contribution in [0.1, 0.15) is 86.3 Å². The Bertz CT molecular complexity index is 2760. The first-order valence-corrected chi connectivity index (χ1v) is 23.4. The number of rotatable bonds is 24. The lowest BCUT2D eigenvalue weighted by Crippen LogP contribution is -2.33. The van der Waals surface area contributed by atoms with Crippen molar-refractivity contribution in [3.05, 3.63) is 174 Å². The molecule has 0 saturated heterocycles. The molecule has 5 aromatic rings. The SMILES string of the molecule is C=C(C)C(=O)OCCCOc1ccc(-c2ccc(-c3ccc(/C=C/C(=O)Oc4ccc(OC(=O)c5ccc(OCCC(C)(COC(=O)C(=C)C)COC(=O)C(=C)C)cc5)cc4C)cc3)cc2)cc1C1CC1. The van der Waals surface area contributed by atoms with Gasteiger partial charge in [0.15, 0.2) is 0 Å². The monoisotopic (exact) mass is 960 g/mol. The summed E-state index contributed by atoms with van der Waals surface area (Å²) < 4.78 is 39.1. The molecule has 368 valence electrons. The quantitative estimate of drug-likeness (QED) is 0.0190. The van der Waals surface area contributed by atoms with Crippen LogP contribution >= 0.6 is 0 Å². The number of aryl methyl sites for hydroxylation is 1. The van der Waals surface area contributed by atoms with E-state index < -0.39 is 29.3 Å². The number of esters is 5. The molecule has 0 aromatic heterocycles. The molecular formula is C59H60O12. The minimum atomic E-state index is -0.753. The maximum Gasteiger partial charge on any atom is 0.343 e. The van der Waals surface area contributed by atoms with Gasteiger partial charge in [-0.25, -0.2) is 24.0 Å². The third-order valence-corrected chi connectivity index (χ3v) is 11.5. The molecular weight excluding hydrogens is 901 g/mol. The van der Waals surface area contributed by atoms with E-state index in [1.165, 1.54) is 11.6 Å². The summed E-state index contributed by atoms with van der Waals surface area (Å²) in [6.45, 7) is 20.0. The van der Waals surface area contributed by atoms with Crippen LogP contribution in [0.15, 0.2) is 152 Å². The molecule has 0 aliphatic heterocycles. The van der Waals surface area contributed by atoms with Gasteiger partial charge in [-0.15, -0.1) is 0 Å². The van der Waals surface area contributed by atoms with Gasteiger partial charge in [0.2, 0.25) is 0 Å². The summed E-state index contributed by atoms with van der Waals surface area (Å²) in [7, 11) is 0. The second kappa shape index (κ2) is 24.5. The molecule has 1 aliphatic rings. The third kappa shape index (κ3) is 15.8. The summed E-state index contributed by atoms with van der Waals surface area (Å²) in [5, 5.41) is 0. The van der Waals surface area contributed by atoms with Gasteiger partial charge in [-0.05, 0) is 152 Å². The van der Waals surface area contributed by atoms with E-state index in [0.717, 1.165) is 46.4 Å². The van der Waals surface area contributed by atoms with Crippen molar-refractivity contribution in [2.24, 2.45) is 5.41 Å². The molecule has 1 saturated carbocycles. The molecule has 12 heteroatoms. The van der Waals surface area contributed by atoms with Gasteiger partial charge in [-0.2, -0.15) is 0 Å². The van der Waals surface area contributed by atoms with E-state index in [2.05, 4.69) is 56.1 Å². The van der Waals surface area contributed by atoms with Crippen LogP contribution in [0.5, 0.6) is 23.0 Å². The van der Waals surface area contributed by atoms with E-state index in [1.54, 1.807) is 76.2 Å². The van der Waals surface area contributed by atoms with Crippen LogP contribution < -0.4 is 18.9 Å². The van der Waals surface area contributed by atoms with Gasteiger partial charge in [0.1, 0.15) is 36.2 Å². The molecule has 0 bridgehead atoms. The number of hydrogen-bond donors (Lipinski definition) is 0. The minimum absolute atomic E-state index is 0.0234. The van der Waals surface area contributed by atoms with Crippen molar-refractivity contribution >= 4 is 35.9 Å². The van der Waals surface area contributed by atoms with Gasteiger partial charge in [0, 0.05) is 34.6 Å². The Kier molecular flexibility index (Phi) is 18.1. The Labute approximate surface area is 415 Å². The van der Waals surface area contributed by atoms with Gasteiger partial charge in [0.05, 0.1) is 25.4 Å². The van der Waals surface area contributed by atoms with Crippen molar-refractivity contribution < 1.29 is 57.1 Å². The van der Waals surface area contributed by atoms with Crippen LogP contribution in [0.25, 0.3) is 28.3 Å². The highest BCUT2D eigenvalue weighted by Crippen LogP contribution is 2.46. The Morgan fingerprint density at radius 1 is 0.592 bits per heavy atom. The average Bonchev–Trinajstić information content (AvgIpc) is 4.21. The maximum atomic E-state index is 13.0. The lowest BCUT2D eigenvalue weighted by atomic mass is 9.89. The van der Waals surface area contributed by atoms with E-state index in [-0.39, 0.29) is 54.9 Å². The second-order valence-electron chi connectivity index (χ2n) is 18.1. The van der Waals surface area contributed by atoms with Gasteiger partial charge < -0.3 is 33.2 Å². The van der Waals surface area contributed by atoms with Gasteiger partial charge in [-0.1, -0.05) is 81.3 Å². The number of ether oxygens (including phenoxy) is 7. The van der Waals surface area contributed by atoms with Crippen molar-refractivity contribution in [1.82, 2.24) is 0 Å². The van der Waals surface area contributed by atoms with Gasteiger partial charge in [-0.3, -0.25) is 0 Å². The first-order valence-electron chi connectivity index (χ1n) is 23.4. The Morgan fingerprint density at radius 3 is 1.70 bits per heavy atom. The first-order chi connectivity index (χ1) is 34.0. The molecule has 12 nitrogen and oxygen atoms in total. The van der Waals surface area contributed by atoms with Crippen molar-refractivity contribution in [3.63, 3.8) is 0 Å². The normalized spacial score (nSPS) is 12.1. The predicted molar refractivity (Wildman–Crippen MR) is 272 cm³/mol. The van der Waals surface area contributed by atoms with Crippen LogP contribution in [-0.4, -0.2) is 62.9 Å². The minimum Gasteiger partial charge on any atom is -0.494 e. The fourth-order valence-corrected chi connectivity index (χ4v) is 7.03. The molecule has 0 unspecified atom stereocenters. The number of carbonyl (C=O) groups is 5. The van der Waals surface area contributed by atoms with Crippen molar-refractivity contribution in [2.75, 3.05) is 33.0 Å². The van der Waals surface area contributed by atoms with Crippen molar-refractivity contribution in [2.45, 2.75) is 66.2 Å². The number of hydrogen-bond acceptors (Lipinski definition) is 12. The molecule has 0 amide bonds. The van der Waals surface area contributed by atoms with Crippen LogP contribution in [0.4, 0.5) is 0 Å². The Hall–Kier alpha value is -7.99. The molecule has 1 fully saturated rings. The lowest BCUT2D eigenvalue weighted by molar-refractivity contribution is -0.149. The average molecular weight is 961 g/mol. The second-order valence-corrected chi connectivity index (χ2v) is 18.1. The molecule has 0 spiro atoms. The highest BCUT2D eigenvalue weighted by molar-refractivity contribution is 5.92. The van der Waals surface area contributed by atoms with Gasteiger partial charge in [0.25, 0.3) is 0 Å². The van der Waals surface area contributed by atoms with E-state index in [9.17, 15) is 24.0 Å². The fraction of sp³-hybridized carbons (Fsp3) is 0.271. The van der Waals surface area contributed by atoms with E-state index >= 15 is 0 Å². The Balaban J connectivity index is 0.956. The van der Waals surface area contributed by atoms with E-state index in [4.69, 9.17) is 33.2 Å². The standard InChI is InChI=1S/C59H60O12/c1-38(2)55(61)67-32-9-31-66-53-27-23-48(35-51(53)46-19-20-46)45-17-15-44(16-18-45)43-13-10-42(11-14-43)12-29-54(60)71-52-28-26-50(34-41(52)7)70-58(64)47-21-24-49(25-22-47)65-33-30-59(8,36-68-56(62)39(3)4)37-69-57(63)40(5)6/h10-18,21-29,34-35,46H,1,3,5,9,19-20,30-33,36-37H2,2,4,6-8H3/b29-12+. The molecule has 5 aromatic carbocycles. The summed E-state index contributed by atoms with van der Waals surface area (Å²) >= 11 is 0. The summed E-state index contributed by atoms with van der Waals surface area (Å²) in [6.07, 6.45) is 6.29. The third-order valence-electron chi connectivity index (χ3n) is 11.5. The highest BCUT2D eigenvalue weighted by Gasteiger charge is 2.30. The largest absolute Gasteiger partial charge is 0.494 e. The Morgan fingerprint density at radius 2 is 1.13 bits per heavy atom. The zero-order valence-electron chi connectivity index (χ0n) is 41.0. The van der Waals surface area contributed by atoms with Crippen molar-refractivity contribution in [3.8, 4) is 45.3 Å². The molecule has 0 heterocycles. The highest BCUT2D eigenvalue weighted by atomic mass is 16.6. The first kappa shape index (κ1) is 52.4. The molecule has 1 aliphatic carbocycles. The molecule has 71 heavy (non-hydrogen) atoms. The summed E-state index contributed by atoms with van der Waals surface area (Å²) in [5.74, 6) is -0.191. The number of benzene rings is 5. The fourth-order valence-electron chi connectivity index (χ4n) is 7.03. The topological polar surface area (TPSA) is 150 Å². The summed E-state index contributed by atoms with van der Waals surface area (Å²) in [6, 6.07) is 33.8. The maximum absolute atomic E-state index is 13.0. The molecule has 6 rings (SSSR count). The van der Waals surface area contributed by atoms with Gasteiger partial charge >= 0.3 is 29.8 Å². The molecule has 0 N–H and O–H groups in total. The van der Waals surface area contributed by atoms with E-state index in [1.807, 2.05) is 37.3 Å². The van der Waals surface area contributed by atoms with Crippen LogP contribution in [0.2, 0.25) is 0 Å². The molecule has 0 atom stereocenters. The molecule has 0 radical (unpaired) electrons. The lowest BCUT2D eigenvalue weighted by Gasteiger charge is -2.28. The van der Waals surface area contributed by atoms with Crippen LogP contribution in [-0.2, 0) is 33.4 Å². The van der Waals surface area contributed by atoms with Crippen LogP contribution in [0, 0.1) is 12.3 Å². The predicted octanol–water partition coefficient (Wildman–Crippen LogP) is 11.9. The van der Waals surface area contributed by atoms with Crippen LogP contribution in [0.3, 0.4) is 0 Å². The summed E-state index contributed by atoms with van der Waals surface area (Å²) in [5.41, 5.74) is 7.36. The summed E-state index contributed by atoms with van der Waals surface area (Å²) in [4.78, 5) is 61.6. The zero-order valence-corrected chi connectivity index (χ0v) is 41.0. The van der Waals surface area contributed by atoms with Crippen molar-refractivity contribution in [1.29, 1.82) is 0 Å². The van der Waals surface area contributed by atoms with E-state index in [0.29, 0.717) is 48.0 Å².